The highest BCUT2D eigenvalue weighted by Crippen LogP contribution is 2.30. The minimum atomic E-state index is -4.29. The Balaban J connectivity index is 1.98. The molecule has 2 aromatic rings. The van der Waals surface area contributed by atoms with E-state index in [1.807, 2.05) is 31.2 Å². The molecule has 19 heavy (non-hydrogen) atoms. The van der Waals surface area contributed by atoms with Crippen LogP contribution >= 0.6 is 11.9 Å². The average Bonchev–Trinajstić information content (AvgIpc) is 2.37. The van der Waals surface area contributed by atoms with Crippen LogP contribution in [0.5, 0.6) is 0 Å². The van der Waals surface area contributed by atoms with Crippen molar-refractivity contribution in [2.45, 2.75) is 18.0 Å². The monoisotopic (exact) mass is 283 g/mol. The van der Waals surface area contributed by atoms with Gasteiger partial charge in [0.1, 0.15) is 0 Å². The van der Waals surface area contributed by atoms with Gasteiger partial charge in [0.2, 0.25) is 0 Å². The maximum Gasteiger partial charge on any atom is 0.416 e. The fraction of sp³-hybridized carbons (Fsp3) is 0.143. The van der Waals surface area contributed by atoms with Crippen LogP contribution in [-0.2, 0) is 6.18 Å². The third-order valence-corrected chi connectivity index (χ3v) is 3.37. The van der Waals surface area contributed by atoms with Crippen LogP contribution in [0.4, 0.5) is 18.9 Å². The van der Waals surface area contributed by atoms with Crippen molar-refractivity contribution < 1.29 is 13.2 Å². The van der Waals surface area contributed by atoms with Gasteiger partial charge in [0, 0.05) is 10.6 Å². The highest BCUT2D eigenvalue weighted by atomic mass is 32.2. The fourth-order valence-electron chi connectivity index (χ4n) is 1.45. The molecule has 2 rings (SSSR count). The molecule has 0 saturated carbocycles. The summed E-state index contributed by atoms with van der Waals surface area (Å²) in [5.74, 6) is 0. The van der Waals surface area contributed by atoms with Crippen LogP contribution in [-0.4, -0.2) is 0 Å². The van der Waals surface area contributed by atoms with E-state index in [4.69, 9.17) is 0 Å². The van der Waals surface area contributed by atoms with Gasteiger partial charge in [-0.2, -0.15) is 13.2 Å². The smallest absolute Gasteiger partial charge is 0.326 e. The van der Waals surface area contributed by atoms with Gasteiger partial charge in [-0.25, -0.2) is 0 Å². The summed E-state index contributed by atoms with van der Waals surface area (Å²) in [6, 6.07) is 12.9. The molecule has 0 fully saturated rings. The van der Waals surface area contributed by atoms with Gasteiger partial charge < -0.3 is 4.72 Å². The molecule has 0 saturated heterocycles. The molecule has 0 aliphatic carbocycles. The molecule has 100 valence electrons. The summed E-state index contributed by atoms with van der Waals surface area (Å²) >= 11 is 1.36. The fourth-order valence-corrected chi connectivity index (χ4v) is 2.10. The SMILES string of the molecule is Cc1ccc(SNc2ccc(C(F)(F)F)cc2)cc1. The summed E-state index contributed by atoms with van der Waals surface area (Å²) < 4.78 is 40.2. The van der Waals surface area contributed by atoms with Gasteiger partial charge in [0.05, 0.1) is 5.56 Å². The normalized spacial score (nSPS) is 11.4. The number of rotatable bonds is 3. The zero-order valence-corrected chi connectivity index (χ0v) is 11.0. The Hall–Kier alpha value is -1.62. The van der Waals surface area contributed by atoms with Gasteiger partial charge in [0.25, 0.3) is 0 Å². The Morgan fingerprint density at radius 3 is 2.00 bits per heavy atom. The quantitative estimate of drug-likeness (QED) is 0.783. The van der Waals surface area contributed by atoms with Gasteiger partial charge >= 0.3 is 6.18 Å². The average molecular weight is 283 g/mol. The topological polar surface area (TPSA) is 12.0 Å². The summed E-state index contributed by atoms with van der Waals surface area (Å²) in [7, 11) is 0. The number of hydrogen-bond donors (Lipinski definition) is 1. The van der Waals surface area contributed by atoms with E-state index in [1.54, 1.807) is 0 Å². The van der Waals surface area contributed by atoms with Crippen molar-refractivity contribution in [2.75, 3.05) is 4.72 Å². The maximum atomic E-state index is 12.4. The molecule has 1 N–H and O–H groups in total. The second-order valence-corrected chi connectivity index (χ2v) is 4.97. The molecule has 0 spiro atoms. The predicted molar refractivity (Wildman–Crippen MR) is 72.1 cm³/mol. The Bertz CT molecular complexity index is 532. The van der Waals surface area contributed by atoms with E-state index < -0.39 is 11.7 Å². The van der Waals surface area contributed by atoms with E-state index in [1.165, 1.54) is 29.6 Å². The third kappa shape index (κ3) is 3.92. The largest absolute Gasteiger partial charge is 0.416 e. The molecular formula is C14H12F3NS. The van der Waals surface area contributed by atoms with Gasteiger partial charge in [0.15, 0.2) is 0 Å². The molecule has 5 heteroatoms. The third-order valence-electron chi connectivity index (χ3n) is 2.52. The minimum absolute atomic E-state index is 0.638. The summed E-state index contributed by atoms with van der Waals surface area (Å²) in [5, 5.41) is 0. The van der Waals surface area contributed by atoms with Crippen molar-refractivity contribution in [3.05, 3.63) is 59.7 Å². The van der Waals surface area contributed by atoms with E-state index in [2.05, 4.69) is 4.72 Å². The van der Waals surface area contributed by atoms with Crippen molar-refractivity contribution in [3.8, 4) is 0 Å². The zero-order chi connectivity index (χ0) is 13.9. The number of aryl methyl sites for hydroxylation is 1. The standard InChI is InChI=1S/C14H12F3NS/c1-10-2-8-13(9-3-10)19-18-12-6-4-11(5-7-12)14(15,16)17/h2-9,18H,1H3. The number of halogens is 3. The zero-order valence-electron chi connectivity index (χ0n) is 10.2. The molecule has 0 aromatic heterocycles. The lowest BCUT2D eigenvalue weighted by atomic mass is 10.2. The highest BCUT2D eigenvalue weighted by Gasteiger charge is 2.29. The van der Waals surface area contributed by atoms with Crippen LogP contribution in [0.2, 0.25) is 0 Å². The van der Waals surface area contributed by atoms with Crippen molar-refractivity contribution >= 4 is 17.6 Å². The van der Waals surface area contributed by atoms with Gasteiger partial charge in [-0.05, 0) is 55.3 Å². The van der Waals surface area contributed by atoms with Gasteiger partial charge in [-0.1, -0.05) is 17.7 Å². The molecular weight excluding hydrogens is 271 g/mol. The Kier molecular flexibility index (Phi) is 4.04. The Labute approximate surface area is 114 Å². The molecule has 1 nitrogen and oxygen atoms in total. The van der Waals surface area contributed by atoms with E-state index in [0.29, 0.717) is 5.69 Å². The first-order valence-corrected chi connectivity index (χ1v) is 6.43. The molecule has 2 aromatic carbocycles. The molecule has 0 aliphatic heterocycles. The second kappa shape index (κ2) is 5.57. The van der Waals surface area contributed by atoms with Gasteiger partial charge in [-0.3, -0.25) is 0 Å². The van der Waals surface area contributed by atoms with Crippen LogP contribution < -0.4 is 4.72 Å². The van der Waals surface area contributed by atoms with Crippen LogP contribution in [0.3, 0.4) is 0 Å². The van der Waals surface area contributed by atoms with Crippen LogP contribution in [0.25, 0.3) is 0 Å². The molecule has 0 unspecified atom stereocenters. The number of alkyl halides is 3. The summed E-state index contributed by atoms with van der Waals surface area (Å²) in [6.07, 6.45) is -4.29. The Morgan fingerprint density at radius 2 is 1.47 bits per heavy atom. The van der Waals surface area contributed by atoms with Crippen LogP contribution in [0.15, 0.2) is 53.4 Å². The first-order valence-electron chi connectivity index (χ1n) is 5.62. The molecule has 0 bridgehead atoms. The molecule has 0 amide bonds. The number of hydrogen-bond acceptors (Lipinski definition) is 2. The highest BCUT2D eigenvalue weighted by molar-refractivity contribution is 8.00. The van der Waals surface area contributed by atoms with Crippen molar-refractivity contribution in [3.63, 3.8) is 0 Å². The first-order chi connectivity index (χ1) is 8.95. The lowest BCUT2D eigenvalue weighted by Gasteiger charge is -2.09. The van der Waals surface area contributed by atoms with E-state index in [0.717, 1.165) is 17.0 Å². The summed E-state index contributed by atoms with van der Waals surface area (Å²) in [5.41, 5.74) is 1.16. The van der Waals surface area contributed by atoms with E-state index in [9.17, 15) is 13.2 Å². The number of benzene rings is 2. The first kappa shape index (κ1) is 13.8. The van der Waals surface area contributed by atoms with Crippen LogP contribution in [0.1, 0.15) is 11.1 Å². The van der Waals surface area contributed by atoms with E-state index >= 15 is 0 Å². The molecule has 0 heterocycles. The predicted octanol–water partition coefficient (Wildman–Crippen LogP) is 5.13. The molecule has 0 radical (unpaired) electrons. The summed E-state index contributed by atoms with van der Waals surface area (Å²) in [6.45, 7) is 2.00. The minimum Gasteiger partial charge on any atom is -0.326 e. The molecule has 0 atom stereocenters. The Morgan fingerprint density at radius 1 is 0.895 bits per heavy atom. The lowest BCUT2D eigenvalue weighted by molar-refractivity contribution is -0.137. The number of nitrogens with one attached hydrogen (secondary N) is 1. The van der Waals surface area contributed by atoms with Crippen LogP contribution in [0, 0.1) is 6.92 Å². The number of anilines is 1. The van der Waals surface area contributed by atoms with Crippen molar-refractivity contribution in [2.24, 2.45) is 0 Å². The van der Waals surface area contributed by atoms with Gasteiger partial charge in [-0.15, -0.1) is 0 Å². The second-order valence-electron chi connectivity index (χ2n) is 4.09. The lowest BCUT2D eigenvalue weighted by Crippen LogP contribution is -2.04. The van der Waals surface area contributed by atoms with Crippen molar-refractivity contribution in [1.29, 1.82) is 0 Å². The summed E-state index contributed by atoms with van der Waals surface area (Å²) in [4.78, 5) is 1.01. The van der Waals surface area contributed by atoms with E-state index in [-0.39, 0.29) is 0 Å². The van der Waals surface area contributed by atoms with Crippen molar-refractivity contribution in [1.82, 2.24) is 0 Å². The molecule has 0 aliphatic rings. The maximum absolute atomic E-state index is 12.4.